The second kappa shape index (κ2) is 5.86. The predicted octanol–water partition coefficient (Wildman–Crippen LogP) is 5.11. The summed E-state index contributed by atoms with van der Waals surface area (Å²) in [6, 6.07) is 10.7. The standard InChI is InChI=1S/C17H28OSSi/c1-5-6-12-16(18)13-17(14-16,20(2,3)4)19-15-10-8-7-9-11-15/h7-11,18H,5-6,12-14H2,1-4H3. The molecule has 0 radical (unpaired) electrons. The molecule has 0 bridgehead atoms. The molecule has 1 fully saturated rings. The molecule has 0 unspecified atom stereocenters. The maximum atomic E-state index is 10.7. The molecule has 0 atom stereocenters. The Bertz CT molecular complexity index is 432. The van der Waals surface area contributed by atoms with Crippen LogP contribution in [-0.4, -0.2) is 23.2 Å². The molecule has 1 aromatic carbocycles. The van der Waals surface area contributed by atoms with Crippen molar-refractivity contribution < 1.29 is 5.11 Å². The fourth-order valence-corrected chi connectivity index (χ4v) is 7.89. The number of aliphatic hydroxyl groups is 1. The van der Waals surface area contributed by atoms with E-state index in [0.717, 1.165) is 25.7 Å². The van der Waals surface area contributed by atoms with Gasteiger partial charge in [0.05, 0.1) is 13.7 Å². The molecule has 0 heterocycles. The van der Waals surface area contributed by atoms with Crippen molar-refractivity contribution in [3.05, 3.63) is 30.3 Å². The Labute approximate surface area is 129 Å². The summed E-state index contributed by atoms with van der Waals surface area (Å²) in [4.78, 5) is 1.35. The predicted molar refractivity (Wildman–Crippen MR) is 92.1 cm³/mol. The Morgan fingerprint density at radius 3 is 2.25 bits per heavy atom. The van der Waals surface area contributed by atoms with E-state index in [9.17, 15) is 5.11 Å². The Hall–Kier alpha value is -0.253. The van der Waals surface area contributed by atoms with Crippen LogP contribution in [0.25, 0.3) is 0 Å². The molecule has 1 nitrogen and oxygen atoms in total. The Balaban J connectivity index is 2.11. The summed E-state index contributed by atoms with van der Waals surface area (Å²) in [6.45, 7) is 9.54. The van der Waals surface area contributed by atoms with Crippen molar-refractivity contribution in [2.45, 2.75) is 73.5 Å². The minimum atomic E-state index is -1.33. The van der Waals surface area contributed by atoms with Gasteiger partial charge in [-0.3, -0.25) is 0 Å². The molecule has 112 valence electrons. The van der Waals surface area contributed by atoms with Gasteiger partial charge in [-0.1, -0.05) is 57.6 Å². The van der Waals surface area contributed by atoms with Gasteiger partial charge in [0.1, 0.15) is 0 Å². The highest BCUT2D eigenvalue weighted by Gasteiger charge is 2.59. The van der Waals surface area contributed by atoms with Crippen LogP contribution in [0.4, 0.5) is 0 Å². The fraction of sp³-hybridized carbons (Fsp3) is 0.647. The number of hydrogen-bond donors (Lipinski definition) is 1. The van der Waals surface area contributed by atoms with Gasteiger partial charge in [-0.15, -0.1) is 11.8 Å². The summed E-state index contributed by atoms with van der Waals surface area (Å²) < 4.78 is 0.302. The highest BCUT2D eigenvalue weighted by molar-refractivity contribution is 8.02. The molecule has 0 amide bonds. The molecule has 1 aliphatic carbocycles. The highest BCUT2D eigenvalue weighted by Crippen LogP contribution is 2.58. The van der Waals surface area contributed by atoms with Gasteiger partial charge >= 0.3 is 0 Å². The lowest BCUT2D eigenvalue weighted by atomic mass is 9.75. The third-order valence-corrected chi connectivity index (χ3v) is 11.1. The normalized spacial score (nSPS) is 30.1. The van der Waals surface area contributed by atoms with E-state index in [1.54, 1.807) is 0 Å². The fourth-order valence-electron chi connectivity index (χ4n) is 3.16. The maximum Gasteiger partial charge on any atom is 0.0668 e. The molecule has 0 aliphatic heterocycles. The molecule has 0 saturated heterocycles. The maximum absolute atomic E-state index is 10.7. The molecule has 1 aromatic rings. The second-order valence-corrected chi connectivity index (χ2v) is 14.6. The summed E-state index contributed by atoms with van der Waals surface area (Å²) in [6.07, 6.45) is 5.26. The molecule has 3 heteroatoms. The molecule has 20 heavy (non-hydrogen) atoms. The van der Waals surface area contributed by atoms with Crippen molar-refractivity contribution in [3.63, 3.8) is 0 Å². The second-order valence-electron chi connectivity index (χ2n) is 7.34. The molecular weight excluding hydrogens is 280 g/mol. The minimum absolute atomic E-state index is 0.302. The number of benzene rings is 1. The summed E-state index contributed by atoms with van der Waals surface area (Å²) >= 11 is 2.02. The Kier molecular flexibility index (Phi) is 4.72. The number of unbranched alkanes of at least 4 members (excludes halogenated alkanes) is 1. The van der Waals surface area contributed by atoms with Crippen LogP contribution in [0.1, 0.15) is 39.0 Å². The number of hydrogen-bond acceptors (Lipinski definition) is 2. The van der Waals surface area contributed by atoms with E-state index in [2.05, 4.69) is 56.9 Å². The monoisotopic (exact) mass is 308 g/mol. The minimum Gasteiger partial charge on any atom is -0.390 e. The van der Waals surface area contributed by atoms with Crippen molar-refractivity contribution in [2.24, 2.45) is 0 Å². The topological polar surface area (TPSA) is 20.2 Å². The first-order chi connectivity index (χ1) is 9.30. The van der Waals surface area contributed by atoms with Crippen LogP contribution < -0.4 is 0 Å². The molecule has 1 aliphatic rings. The first-order valence-electron chi connectivity index (χ1n) is 7.77. The van der Waals surface area contributed by atoms with E-state index in [4.69, 9.17) is 0 Å². The molecule has 2 rings (SSSR count). The van der Waals surface area contributed by atoms with Crippen LogP contribution in [0.2, 0.25) is 19.6 Å². The first-order valence-corrected chi connectivity index (χ1v) is 12.1. The van der Waals surface area contributed by atoms with Gasteiger partial charge in [0, 0.05) is 9.27 Å². The van der Waals surface area contributed by atoms with Crippen LogP contribution in [0.15, 0.2) is 35.2 Å². The highest BCUT2D eigenvalue weighted by atomic mass is 32.2. The lowest BCUT2D eigenvalue weighted by Gasteiger charge is -2.59. The van der Waals surface area contributed by atoms with Crippen LogP contribution in [-0.2, 0) is 0 Å². The Morgan fingerprint density at radius 2 is 1.75 bits per heavy atom. The average Bonchev–Trinajstić information content (AvgIpc) is 2.34. The smallest absolute Gasteiger partial charge is 0.0668 e. The molecule has 1 N–H and O–H groups in total. The zero-order valence-corrected chi connectivity index (χ0v) is 15.1. The zero-order valence-electron chi connectivity index (χ0n) is 13.3. The van der Waals surface area contributed by atoms with Crippen LogP contribution in [0.5, 0.6) is 0 Å². The van der Waals surface area contributed by atoms with E-state index in [-0.39, 0.29) is 0 Å². The third-order valence-electron chi connectivity index (χ3n) is 4.65. The van der Waals surface area contributed by atoms with E-state index < -0.39 is 13.7 Å². The molecule has 0 spiro atoms. The Morgan fingerprint density at radius 1 is 1.15 bits per heavy atom. The number of thioether (sulfide) groups is 1. The lowest BCUT2D eigenvalue weighted by molar-refractivity contribution is -0.0490. The largest absolute Gasteiger partial charge is 0.390 e. The van der Waals surface area contributed by atoms with Crippen molar-refractivity contribution in [1.29, 1.82) is 0 Å². The van der Waals surface area contributed by atoms with Crippen molar-refractivity contribution >= 4 is 19.8 Å². The van der Waals surface area contributed by atoms with Gasteiger partial charge in [0.15, 0.2) is 0 Å². The van der Waals surface area contributed by atoms with Gasteiger partial charge in [-0.05, 0) is 31.4 Å². The van der Waals surface area contributed by atoms with Crippen LogP contribution in [0, 0.1) is 0 Å². The van der Waals surface area contributed by atoms with Gasteiger partial charge in [-0.2, -0.15) is 0 Å². The van der Waals surface area contributed by atoms with Gasteiger partial charge in [0.2, 0.25) is 0 Å². The van der Waals surface area contributed by atoms with Crippen molar-refractivity contribution in [1.82, 2.24) is 0 Å². The summed E-state index contributed by atoms with van der Waals surface area (Å²) in [5.41, 5.74) is -0.391. The first kappa shape index (κ1) is 16.1. The van der Waals surface area contributed by atoms with Gasteiger partial charge < -0.3 is 5.11 Å². The third kappa shape index (κ3) is 3.32. The van der Waals surface area contributed by atoms with Crippen molar-refractivity contribution in [3.8, 4) is 0 Å². The SMILES string of the molecule is CCCCC1(O)CC(Sc2ccccc2)([Si](C)(C)C)C1. The van der Waals surface area contributed by atoms with E-state index >= 15 is 0 Å². The summed E-state index contributed by atoms with van der Waals surface area (Å²) in [5.74, 6) is 0. The van der Waals surface area contributed by atoms with E-state index in [0.29, 0.717) is 4.37 Å². The van der Waals surface area contributed by atoms with Gasteiger partial charge in [0.25, 0.3) is 0 Å². The summed E-state index contributed by atoms with van der Waals surface area (Å²) in [7, 11) is -1.33. The summed E-state index contributed by atoms with van der Waals surface area (Å²) in [5, 5.41) is 10.7. The molecule has 1 saturated carbocycles. The van der Waals surface area contributed by atoms with Crippen molar-refractivity contribution in [2.75, 3.05) is 0 Å². The van der Waals surface area contributed by atoms with Crippen LogP contribution >= 0.6 is 11.8 Å². The zero-order chi connectivity index (χ0) is 14.9. The quantitative estimate of drug-likeness (QED) is 0.737. The number of rotatable bonds is 6. The molecule has 0 aromatic heterocycles. The van der Waals surface area contributed by atoms with E-state index in [1.165, 1.54) is 11.3 Å². The average molecular weight is 309 g/mol. The van der Waals surface area contributed by atoms with Gasteiger partial charge in [-0.25, -0.2) is 0 Å². The van der Waals surface area contributed by atoms with E-state index in [1.807, 2.05) is 11.8 Å². The van der Waals surface area contributed by atoms with Crippen LogP contribution in [0.3, 0.4) is 0 Å². The lowest BCUT2D eigenvalue weighted by Crippen LogP contribution is -2.65. The molecular formula is C17H28OSSi.